The lowest BCUT2D eigenvalue weighted by molar-refractivity contribution is 0.584. The highest BCUT2D eigenvalue weighted by molar-refractivity contribution is 9.10. The van der Waals surface area contributed by atoms with Crippen LogP contribution in [0.3, 0.4) is 0 Å². The number of rotatable bonds is 4. The Morgan fingerprint density at radius 2 is 2.28 bits per heavy atom. The Morgan fingerprint density at radius 3 is 2.89 bits per heavy atom. The zero-order valence-corrected chi connectivity index (χ0v) is 12.5. The molecule has 0 spiro atoms. The summed E-state index contributed by atoms with van der Waals surface area (Å²) in [6.07, 6.45) is 0.694. The molecule has 0 aliphatic heterocycles. The van der Waals surface area contributed by atoms with Crippen molar-refractivity contribution in [1.29, 1.82) is 0 Å². The normalized spacial score (nSPS) is 12.7. The summed E-state index contributed by atoms with van der Waals surface area (Å²) in [4.78, 5) is 1.09. The summed E-state index contributed by atoms with van der Waals surface area (Å²) in [5.41, 5.74) is 1.86. The number of likely N-dealkylation sites (N-methyl/N-ethyl adjacent to an activating group) is 1. The number of hydrogen-bond acceptors (Lipinski definition) is 4. The van der Waals surface area contributed by atoms with Crippen molar-refractivity contribution in [1.82, 2.24) is 14.9 Å². The zero-order chi connectivity index (χ0) is 13.1. The maximum Gasteiger partial charge on any atom is 0.137 e. The van der Waals surface area contributed by atoms with Crippen LogP contribution in [0.5, 0.6) is 0 Å². The van der Waals surface area contributed by atoms with E-state index in [2.05, 4.69) is 30.8 Å². The Bertz CT molecular complexity index is 544. The first-order valence-corrected chi connectivity index (χ1v) is 7.09. The van der Waals surface area contributed by atoms with Crippen molar-refractivity contribution >= 4 is 27.5 Å². The van der Waals surface area contributed by atoms with Crippen LogP contribution in [0, 0.1) is 12.7 Å². The molecule has 1 aromatic heterocycles. The summed E-state index contributed by atoms with van der Waals surface area (Å²) >= 11 is 4.67. The molecule has 1 aromatic carbocycles. The second-order valence-corrected chi connectivity index (χ2v) is 5.56. The molecular formula is C12H13BrFN3S. The van der Waals surface area contributed by atoms with E-state index in [4.69, 9.17) is 0 Å². The predicted molar refractivity (Wildman–Crippen MR) is 74.3 cm³/mol. The van der Waals surface area contributed by atoms with Crippen LogP contribution in [0.4, 0.5) is 4.39 Å². The molecule has 96 valence electrons. The molecule has 1 heterocycles. The van der Waals surface area contributed by atoms with Gasteiger partial charge in [-0.1, -0.05) is 16.6 Å². The number of nitrogens with zero attached hydrogens (tertiary/aromatic N) is 2. The van der Waals surface area contributed by atoms with Crippen molar-refractivity contribution in [2.45, 2.75) is 19.4 Å². The number of aryl methyl sites for hydroxylation is 1. The van der Waals surface area contributed by atoms with Gasteiger partial charge in [-0.05, 0) is 59.5 Å². The first kappa shape index (κ1) is 13.6. The molecule has 0 bridgehead atoms. The lowest BCUT2D eigenvalue weighted by Gasteiger charge is -2.15. The zero-order valence-electron chi connectivity index (χ0n) is 10.1. The van der Waals surface area contributed by atoms with Crippen LogP contribution < -0.4 is 5.32 Å². The van der Waals surface area contributed by atoms with Crippen LogP contribution in [-0.2, 0) is 6.42 Å². The average Bonchev–Trinajstić information content (AvgIpc) is 2.77. The maximum atomic E-state index is 13.5. The van der Waals surface area contributed by atoms with Gasteiger partial charge in [0.2, 0.25) is 0 Å². The third-order valence-electron chi connectivity index (χ3n) is 2.81. The minimum absolute atomic E-state index is 0.100. The smallest absolute Gasteiger partial charge is 0.137 e. The van der Waals surface area contributed by atoms with Crippen LogP contribution in [-0.4, -0.2) is 16.6 Å². The average molecular weight is 330 g/mol. The molecule has 3 nitrogen and oxygen atoms in total. The summed E-state index contributed by atoms with van der Waals surface area (Å²) in [5.74, 6) is -0.235. The van der Waals surface area contributed by atoms with Crippen LogP contribution in [0.15, 0.2) is 22.7 Å². The van der Waals surface area contributed by atoms with Gasteiger partial charge in [-0.2, -0.15) is 0 Å². The number of halogens is 2. The van der Waals surface area contributed by atoms with Crippen molar-refractivity contribution in [3.63, 3.8) is 0 Å². The summed E-state index contributed by atoms with van der Waals surface area (Å²) in [5, 5.41) is 7.24. The topological polar surface area (TPSA) is 37.8 Å². The van der Waals surface area contributed by atoms with Gasteiger partial charge in [0.05, 0.1) is 15.0 Å². The Hall–Kier alpha value is -0.850. The van der Waals surface area contributed by atoms with E-state index in [1.54, 1.807) is 6.07 Å². The van der Waals surface area contributed by atoms with Gasteiger partial charge in [0.15, 0.2) is 0 Å². The molecule has 0 radical (unpaired) electrons. The number of aromatic nitrogens is 2. The maximum absolute atomic E-state index is 13.5. The molecule has 1 atom stereocenters. The van der Waals surface area contributed by atoms with Gasteiger partial charge < -0.3 is 5.32 Å². The Morgan fingerprint density at radius 1 is 1.50 bits per heavy atom. The van der Waals surface area contributed by atoms with E-state index in [0.717, 1.165) is 16.1 Å². The van der Waals surface area contributed by atoms with Gasteiger partial charge in [0.1, 0.15) is 5.82 Å². The fourth-order valence-electron chi connectivity index (χ4n) is 1.81. The van der Waals surface area contributed by atoms with Gasteiger partial charge in [-0.15, -0.1) is 5.10 Å². The molecule has 0 aliphatic carbocycles. The minimum Gasteiger partial charge on any atom is -0.312 e. The number of hydrogen-bond donors (Lipinski definition) is 1. The predicted octanol–water partition coefficient (Wildman–Crippen LogP) is 3.25. The molecule has 0 saturated carbocycles. The first-order valence-electron chi connectivity index (χ1n) is 5.52. The molecule has 1 N–H and O–H groups in total. The third kappa shape index (κ3) is 2.76. The number of nitrogens with one attached hydrogen (secondary N) is 1. The van der Waals surface area contributed by atoms with E-state index in [9.17, 15) is 4.39 Å². The highest BCUT2D eigenvalue weighted by Crippen LogP contribution is 2.28. The SMILES string of the molecule is CNC(Cc1cccc(F)c1Br)c1snnc1C. The lowest BCUT2D eigenvalue weighted by Crippen LogP contribution is -2.19. The number of benzene rings is 1. The standard InChI is InChI=1S/C12H13BrFN3S/c1-7-12(18-17-16-7)10(15-2)6-8-4-3-5-9(14)11(8)13/h3-5,10,15H,6H2,1-2H3. The molecule has 18 heavy (non-hydrogen) atoms. The summed E-state index contributed by atoms with van der Waals surface area (Å²) < 4.78 is 17.9. The van der Waals surface area contributed by atoms with E-state index in [1.807, 2.05) is 20.0 Å². The molecule has 2 aromatic rings. The van der Waals surface area contributed by atoms with Gasteiger partial charge in [0.25, 0.3) is 0 Å². The third-order valence-corrected chi connectivity index (χ3v) is 4.64. The van der Waals surface area contributed by atoms with E-state index >= 15 is 0 Å². The lowest BCUT2D eigenvalue weighted by atomic mass is 10.0. The van der Waals surface area contributed by atoms with Crippen molar-refractivity contribution < 1.29 is 4.39 Å². The van der Waals surface area contributed by atoms with Crippen LogP contribution in [0.1, 0.15) is 22.2 Å². The van der Waals surface area contributed by atoms with Crippen LogP contribution in [0.2, 0.25) is 0 Å². The van der Waals surface area contributed by atoms with Gasteiger partial charge in [0, 0.05) is 6.04 Å². The van der Waals surface area contributed by atoms with Crippen molar-refractivity contribution in [3.8, 4) is 0 Å². The second-order valence-electron chi connectivity index (χ2n) is 3.98. The summed E-state index contributed by atoms with van der Waals surface area (Å²) in [6.45, 7) is 1.93. The molecule has 1 unspecified atom stereocenters. The molecule has 2 rings (SSSR count). The first-order chi connectivity index (χ1) is 8.63. The Kier molecular flexibility index (Phi) is 4.42. The van der Waals surface area contributed by atoms with Gasteiger partial charge >= 0.3 is 0 Å². The molecule has 0 amide bonds. The summed E-state index contributed by atoms with van der Waals surface area (Å²) in [7, 11) is 1.89. The molecule has 0 saturated heterocycles. The Balaban J connectivity index is 2.26. The van der Waals surface area contributed by atoms with E-state index in [1.165, 1.54) is 17.6 Å². The fourth-order valence-corrected chi connectivity index (χ4v) is 2.99. The highest BCUT2D eigenvalue weighted by atomic mass is 79.9. The van der Waals surface area contributed by atoms with E-state index in [-0.39, 0.29) is 11.9 Å². The van der Waals surface area contributed by atoms with Gasteiger partial charge in [-0.25, -0.2) is 4.39 Å². The van der Waals surface area contributed by atoms with Gasteiger partial charge in [-0.3, -0.25) is 0 Å². The van der Waals surface area contributed by atoms with Crippen LogP contribution in [0.25, 0.3) is 0 Å². The fraction of sp³-hybridized carbons (Fsp3) is 0.333. The largest absolute Gasteiger partial charge is 0.312 e. The van der Waals surface area contributed by atoms with Crippen molar-refractivity contribution in [2.24, 2.45) is 0 Å². The Labute approximate surface area is 118 Å². The highest BCUT2D eigenvalue weighted by Gasteiger charge is 2.18. The van der Waals surface area contributed by atoms with E-state index < -0.39 is 0 Å². The molecular weight excluding hydrogens is 317 g/mol. The quantitative estimate of drug-likeness (QED) is 0.935. The molecule has 0 aliphatic rings. The molecule has 6 heteroatoms. The monoisotopic (exact) mass is 329 g/mol. The molecule has 0 fully saturated rings. The van der Waals surface area contributed by atoms with E-state index in [0.29, 0.717) is 10.9 Å². The summed E-state index contributed by atoms with van der Waals surface area (Å²) in [6, 6.07) is 5.19. The van der Waals surface area contributed by atoms with Crippen LogP contribution >= 0.6 is 27.5 Å². The minimum atomic E-state index is -0.235. The second kappa shape index (κ2) is 5.86. The van der Waals surface area contributed by atoms with Crippen molar-refractivity contribution in [2.75, 3.05) is 7.05 Å². The van der Waals surface area contributed by atoms with Crippen molar-refractivity contribution in [3.05, 3.63) is 44.6 Å².